The highest BCUT2D eigenvalue weighted by Crippen LogP contribution is 2.35. The maximum Gasteiger partial charge on any atom is 0.208 e. The molecule has 1 atom stereocenters. The van der Waals surface area contributed by atoms with E-state index >= 15 is 0 Å². The van der Waals surface area contributed by atoms with Gasteiger partial charge in [0.2, 0.25) is 5.13 Å². The van der Waals surface area contributed by atoms with E-state index in [9.17, 15) is 5.11 Å². The van der Waals surface area contributed by atoms with Gasteiger partial charge in [0, 0.05) is 23.5 Å². The highest BCUT2D eigenvalue weighted by atomic mass is 79.9. The van der Waals surface area contributed by atoms with E-state index < -0.39 is 6.10 Å². The zero-order valence-corrected chi connectivity index (χ0v) is 14.0. The monoisotopic (exact) mass is 359 g/mol. The second-order valence-corrected chi connectivity index (χ2v) is 7.34. The van der Waals surface area contributed by atoms with Gasteiger partial charge in [-0.3, -0.25) is 0 Å². The van der Waals surface area contributed by atoms with Crippen LogP contribution >= 0.6 is 39.0 Å². The molecule has 1 heterocycles. The van der Waals surface area contributed by atoms with Gasteiger partial charge in [0.05, 0.1) is 6.10 Å². The van der Waals surface area contributed by atoms with E-state index in [1.807, 2.05) is 37.2 Å². The van der Waals surface area contributed by atoms with Crippen LogP contribution in [0.1, 0.15) is 18.6 Å². The maximum absolute atomic E-state index is 9.59. The summed E-state index contributed by atoms with van der Waals surface area (Å²) < 4.78 is 1.81. The molecule has 2 rings (SSSR count). The predicted molar refractivity (Wildman–Crippen MR) is 83.1 cm³/mol. The summed E-state index contributed by atoms with van der Waals surface area (Å²) >= 11 is 6.60. The molecule has 0 amide bonds. The fourth-order valence-electron chi connectivity index (χ4n) is 1.44. The number of anilines is 1. The summed E-state index contributed by atoms with van der Waals surface area (Å²) in [6.45, 7) is 1.75. The van der Waals surface area contributed by atoms with E-state index in [-0.39, 0.29) is 0 Å². The van der Waals surface area contributed by atoms with Crippen LogP contribution in [-0.2, 0) is 0 Å². The van der Waals surface area contributed by atoms with Crippen LogP contribution in [0.25, 0.3) is 0 Å². The molecule has 0 bridgehead atoms. The Hall–Kier alpha value is -0.630. The molecule has 2 aromatic rings. The maximum atomic E-state index is 9.59. The molecule has 0 unspecified atom stereocenters. The first-order valence-corrected chi connectivity index (χ1v) is 8.06. The molecule has 1 aromatic heterocycles. The van der Waals surface area contributed by atoms with Crippen LogP contribution in [0.4, 0.5) is 5.13 Å². The molecule has 0 fully saturated rings. The van der Waals surface area contributed by atoms with Crippen LogP contribution in [0.2, 0.25) is 0 Å². The molecule has 0 radical (unpaired) electrons. The van der Waals surface area contributed by atoms with Crippen molar-refractivity contribution < 1.29 is 5.11 Å². The molecule has 4 nitrogen and oxygen atoms in total. The van der Waals surface area contributed by atoms with Crippen LogP contribution in [-0.4, -0.2) is 29.4 Å². The summed E-state index contributed by atoms with van der Waals surface area (Å²) in [5.74, 6) is 0. The minimum Gasteiger partial charge on any atom is -0.389 e. The highest BCUT2D eigenvalue weighted by Gasteiger charge is 2.10. The largest absolute Gasteiger partial charge is 0.389 e. The van der Waals surface area contributed by atoms with E-state index in [0.29, 0.717) is 0 Å². The molecule has 19 heavy (non-hydrogen) atoms. The average Bonchev–Trinajstić information content (AvgIpc) is 2.77. The third-order valence-electron chi connectivity index (χ3n) is 2.41. The number of rotatable bonds is 4. The van der Waals surface area contributed by atoms with E-state index in [2.05, 4.69) is 26.1 Å². The Kier molecular flexibility index (Phi) is 4.83. The minimum atomic E-state index is -0.477. The van der Waals surface area contributed by atoms with Crippen molar-refractivity contribution in [2.24, 2.45) is 0 Å². The molecule has 0 aliphatic heterocycles. The summed E-state index contributed by atoms with van der Waals surface area (Å²) in [6.07, 6.45) is -0.477. The summed E-state index contributed by atoms with van der Waals surface area (Å²) in [5, 5.41) is 18.7. The van der Waals surface area contributed by atoms with Crippen molar-refractivity contribution in [1.29, 1.82) is 0 Å². The van der Waals surface area contributed by atoms with Gasteiger partial charge in [-0.25, -0.2) is 0 Å². The van der Waals surface area contributed by atoms with Crippen molar-refractivity contribution >= 4 is 44.2 Å². The fourth-order valence-corrected chi connectivity index (χ4v) is 4.07. The van der Waals surface area contributed by atoms with E-state index in [4.69, 9.17) is 0 Å². The van der Waals surface area contributed by atoms with Crippen molar-refractivity contribution in [2.45, 2.75) is 22.3 Å². The summed E-state index contributed by atoms with van der Waals surface area (Å²) in [7, 11) is 3.89. The van der Waals surface area contributed by atoms with Crippen molar-refractivity contribution in [3.63, 3.8) is 0 Å². The first kappa shape index (κ1) is 14.8. The zero-order valence-electron chi connectivity index (χ0n) is 10.8. The lowest BCUT2D eigenvalue weighted by Crippen LogP contribution is -2.07. The van der Waals surface area contributed by atoms with Crippen LogP contribution in [0, 0.1) is 0 Å². The molecule has 102 valence electrons. The van der Waals surface area contributed by atoms with Crippen molar-refractivity contribution in [1.82, 2.24) is 10.2 Å². The summed E-state index contributed by atoms with van der Waals surface area (Å²) in [4.78, 5) is 3.01. The fraction of sp³-hybridized carbons (Fsp3) is 0.333. The topological polar surface area (TPSA) is 49.3 Å². The number of halogens is 1. The van der Waals surface area contributed by atoms with Gasteiger partial charge in [0.1, 0.15) is 0 Å². The number of benzene rings is 1. The molecule has 1 N–H and O–H groups in total. The van der Waals surface area contributed by atoms with Gasteiger partial charge in [0.15, 0.2) is 4.34 Å². The van der Waals surface area contributed by atoms with Crippen LogP contribution in [0.5, 0.6) is 0 Å². The third kappa shape index (κ3) is 3.68. The second kappa shape index (κ2) is 6.21. The average molecular weight is 360 g/mol. The first-order chi connectivity index (χ1) is 8.97. The lowest BCUT2D eigenvalue weighted by atomic mass is 10.1. The lowest BCUT2D eigenvalue weighted by Gasteiger charge is -2.08. The quantitative estimate of drug-likeness (QED) is 0.903. The molecular weight excluding hydrogens is 346 g/mol. The Morgan fingerprint density at radius 3 is 2.63 bits per heavy atom. The Bertz CT molecular complexity index is 572. The van der Waals surface area contributed by atoms with Gasteiger partial charge in [-0.1, -0.05) is 45.1 Å². The smallest absolute Gasteiger partial charge is 0.208 e. The Morgan fingerprint density at radius 1 is 1.37 bits per heavy atom. The van der Waals surface area contributed by atoms with Crippen LogP contribution in [0.3, 0.4) is 0 Å². The van der Waals surface area contributed by atoms with Gasteiger partial charge in [-0.15, -0.1) is 10.2 Å². The second-order valence-electron chi connectivity index (χ2n) is 4.21. The summed E-state index contributed by atoms with van der Waals surface area (Å²) in [6, 6.07) is 5.89. The lowest BCUT2D eigenvalue weighted by molar-refractivity contribution is 0.198. The highest BCUT2D eigenvalue weighted by molar-refractivity contribution is 9.10. The minimum absolute atomic E-state index is 0.477. The van der Waals surface area contributed by atoms with E-state index in [0.717, 1.165) is 24.4 Å². The Morgan fingerprint density at radius 2 is 2.11 bits per heavy atom. The van der Waals surface area contributed by atoms with Crippen molar-refractivity contribution in [2.75, 3.05) is 19.0 Å². The van der Waals surface area contributed by atoms with Crippen molar-refractivity contribution in [3.05, 3.63) is 28.2 Å². The molecule has 0 aliphatic rings. The van der Waals surface area contributed by atoms with E-state index in [1.165, 1.54) is 0 Å². The normalized spacial score (nSPS) is 12.5. The number of hydrogen-bond acceptors (Lipinski definition) is 6. The number of aromatic nitrogens is 2. The molecular formula is C12H14BrN3OS2. The van der Waals surface area contributed by atoms with Crippen LogP contribution in [0.15, 0.2) is 31.9 Å². The number of aliphatic hydroxyl groups excluding tert-OH is 1. The molecule has 0 spiro atoms. The first-order valence-electron chi connectivity index (χ1n) is 5.63. The predicted octanol–water partition coefficient (Wildman–Crippen LogP) is 3.57. The third-order valence-corrected chi connectivity index (χ3v) is 5.22. The van der Waals surface area contributed by atoms with Gasteiger partial charge < -0.3 is 10.0 Å². The molecule has 0 saturated heterocycles. The zero-order chi connectivity index (χ0) is 14.0. The standard InChI is InChI=1S/C12H14BrN3OS2/c1-7(17)9-5-4-8(6-10(9)13)18-12-15-14-11(19-12)16(2)3/h4-7,17H,1-3H3/t7-/m1/s1. The Balaban J connectivity index is 2.16. The summed E-state index contributed by atoms with van der Waals surface area (Å²) in [5.41, 5.74) is 0.885. The van der Waals surface area contributed by atoms with Gasteiger partial charge in [0.25, 0.3) is 0 Å². The number of hydrogen-bond donors (Lipinski definition) is 1. The Labute approximate surface area is 129 Å². The van der Waals surface area contributed by atoms with Gasteiger partial charge in [-0.2, -0.15) is 0 Å². The molecule has 1 aromatic carbocycles. The van der Waals surface area contributed by atoms with Gasteiger partial charge in [-0.05, 0) is 24.6 Å². The molecule has 7 heteroatoms. The van der Waals surface area contributed by atoms with Crippen LogP contribution < -0.4 is 4.90 Å². The van der Waals surface area contributed by atoms with E-state index in [1.54, 1.807) is 30.0 Å². The number of aliphatic hydroxyl groups is 1. The number of nitrogens with zero attached hydrogens (tertiary/aromatic N) is 3. The SMILES string of the molecule is C[C@@H](O)c1ccc(Sc2nnc(N(C)C)s2)cc1Br. The molecule has 0 aliphatic carbocycles. The molecule has 0 saturated carbocycles. The van der Waals surface area contributed by atoms with Gasteiger partial charge >= 0.3 is 0 Å². The van der Waals surface area contributed by atoms with Crippen molar-refractivity contribution in [3.8, 4) is 0 Å².